The molecule has 0 aromatic heterocycles. The van der Waals surface area contributed by atoms with Crippen LogP contribution in [0.2, 0.25) is 0 Å². The second-order valence-corrected chi connectivity index (χ2v) is 11.7. The molecule has 0 spiro atoms. The predicted molar refractivity (Wildman–Crippen MR) is 175 cm³/mol. The molecule has 0 saturated heterocycles. The maximum absolute atomic E-state index is 13.3. The molecule has 47 heavy (non-hydrogen) atoms. The van der Waals surface area contributed by atoms with Crippen LogP contribution in [0, 0.1) is 11.8 Å². The third-order valence-corrected chi connectivity index (χ3v) is 7.33. The lowest BCUT2D eigenvalue weighted by Crippen LogP contribution is -2.58. The van der Waals surface area contributed by atoms with E-state index in [1.165, 1.54) is 0 Å². The number of nitrogens with two attached hydrogens (primary N) is 4. The number of aliphatic imine (C=N–C) groups is 1. The Morgan fingerprint density at radius 3 is 1.98 bits per heavy atom. The van der Waals surface area contributed by atoms with Gasteiger partial charge in [-0.15, -0.1) is 0 Å². The SMILES string of the molecule is CC(C)[C@H](NC(=O)[C@H](CC(=O)O)NC(=O)[C@H](CCCCN)NC(=O)[C@@H](N)CCCN=C(N)N)C(=O)CC(Cc1ccccc1)C(=O)O. The lowest BCUT2D eigenvalue weighted by molar-refractivity contribution is -0.144. The van der Waals surface area contributed by atoms with Gasteiger partial charge in [-0.2, -0.15) is 0 Å². The number of Topliss-reactive ketones (excluding diaryl/α,β-unsaturated/α-hetero) is 1. The highest BCUT2D eigenvalue weighted by molar-refractivity contribution is 5.97. The molecule has 1 rings (SSSR count). The first-order valence-electron chi connectivity index (χ1n) is 15.6. The van der Waals surface area contributed by atoms with Gasteiger partial charge in [0.05, 0.1) is 24.4 Å². The van der Waals surface area contributed by atoms with Gasteiger partial charge in [0, 0.05) is 13.0 Å². The number of hydrogen-bond donors (Lipinski definition) is 9. The molecule has 0 aliphatic rings. The fourth-order valence-corrected chi connectivity index (χ4v) is 4.74. The van der Waals surface area contributed by atoms with Crippen LogP contribution < -0.4 is 38.9 Å². The van der Waals surface area contributed by atoms with Gasteiger partial charge in [0.1, 0.15) is 12.1 Å². The molecule has 0 saturated carbocycles. The Hall–Kier alpha value is -4.57. The van der Waals surface area contributed by atoms with E-state index in [1.807, 2.05) is 0 Å². The highest BCUT2D eigenvalue weighted by Crippen LogP contribution is 2.17. The van der Waals surface area contributed by atoms with Crippen molar-refractivity contribution in [1.82, 2.24) is 16.0 Å². The molecule has 0 fully saturated rings. The number of carboxylic acids is 2. The maximum Gasteiger partial charge on any atom is 0.307 e. The van der Waals surface area contributed by atoms with Crippen molar-refractivity contribution in [2.24, 2.45) is 39.8 Å². The summed E-state index contributed by atoms with van der Waals surface area (Å²) in [6, 6.07) is 3.84. The van der Waals surface area contributed by atoms with Gasteiger partial charge >= 0.3 is 11.9 Å². The zero-order valence-corrected chi connectivity index (χ0v) is 27.0. The third kappa shape index (κ3) is 16.0. The minimum atomic E-state index is -1.61. The van der Waals surface area contributed by atoms with Crippen LogP contribution in [0.25, 0.3) is 0 Å². The van der Waals surface area contributed by atoms with E-state index in [2.05, 4.69) is 20.9 Å². The molecule has 5 atom stereocenters. The predicted octanol–water partition coefficient (Wildman–Crippen LogP) is -1.02. The van der Waals surface area contributed by atoms with Crippen LogP contribution in [0.3, 0.4) is 0 Å². The highest BCUT2D eigenvalue weighted by atomic mass is 16.4. The number of hydrogen-bond acceptors (Lipinski definition) is 9. The third-order valence-electron chi connectivity index (χ3n) is 7.33. The molecular weight excluding hydrogens is 612 g/mol. The van der Waals surface area contributed by atoms with Crippen molar-refractivity contribution in [1.29, 1.82) is 0 Å². The molecular formula is C31H50N8O8. The number of nitrogens with zero attached hydrogens (tertiary/aromatic N) is 1. The number of unbranched alkanes of at least 4 members (excludes halogenated alkanes) is 1. The second-order valence-electron chi connectivity index (χ2n) is 11.7. The summed E-state index contributed by atoms with van der Waals surface area (Å²) < 4.78 is 0. The summed E-state index contributed by atoms with van der Waals surface area (Å²) in [4.78, 5) is 80.2. The van der Waals surface area contributed by atoms with Gasteiger partial charge in [0.25, 0.3) is 0 Å². The van der Waals surface area contributed by atoms with Crippen LogP contribution in [0.5, 0.6) is 0 Å². The van der Waals surface area contributed by atoms with Crippen LogP contribution in [0.15, 0.2) is 35.3 Å². The van der Waals surface area contributed by atoms with Crippen molar-refractivity contribution in [2.75, 3.05) is 13.1 Å². The van der Waals surface area contributed by atoms with Gasteiger partial charge in [-0.3, -0.25) is 33.8 Å². The molecule has 0 radical (unpaired) electrons. The van der Waals surface area contributed by atoms with Gasteiger partial charge in [-0.05, 0) is 56.6 Å². The molecule has 16 nitrogen and oxygen atoms in total. The Morgan fingerprint density at radius 2 is 1.43 bits per heavy atom. The van der Waals surface area contributed by atoms with E-state index in [-0.39, 0.29) is 38.2 Å². The Bertz CT molecular complexity index is 1220. The molecule has 16 heteroatoms. The lowest BCUT2D eigenvalue weighted by atomic mass is 9.89. The van der Waals surface area contributed by atoms with E-state index in [0.717, 1.165) is 5.56 Å². The monoisotopic (exact) mass is 662 g/mol. The Balaban J connectivity index is 3.06. The van der Waals surface area contributed by atoms with Gasteiger partial charge in [0.15, 0.2) is 11.7 Å². The number of benzene rings is 1. The van der Waals surface area contributed by atoms with Crippen molar-refractivity contribution in [3.05, 3.63) is 35.9 Å². The van der Waals surface area contributed by atoms with E-state index in [9.17, 15) is 39.0 Å². The van der Waals surface area contributed by atoms with E-state index in [0.29, 0.717) is 25.8 Å². The van der Waals surface area contributed by atoms with Gasteiger partial charge in [-0.1, -0.05) is 44.2 Å². The van der Waals surface area contributed by atoms with Crippen LogP contribution in [0.4, 0.5) is 0 Å². The zero-order chi connectivity index (χ0) is 35.5. The topological polar surface area (TPSA) is 295 Å². The number of carbonyl (C=O) groups is 6. The van der Waals surface area contributed by atoms with Crippen LogP contribution in [-0.2, 0) is 35.2 Å². The van der Waals surface area contributed by atoms with Crippen LogP contribution in [-0.4, -0.2) is 88.9 Å². The number of amides is 3. The van der Waals surface area contributed by atoms with Crippen LogP contribution in [0.1, 0.15) is 64.4 Å². The van der Waals surface area contributed by atoms with E-state index in [4.69, 9.17) is 22.9 Å². The van der Waals surface area contributed by atoms with Gasteiger partial charge < -0.3 is 49.1 Å². The van der Waals surface area contributed by atoms with Crippen molar-refractivity contribution in [3.63, 3.8) is 0 Å². The van der Waals surface area contributed by atoms with Crippen LogP contribution >= 0.6 is 0 Å². The van der Waals surface area contributed by atoms with Gasteiger partial charge in [0.2, 0.25) is 17.7 Å². The first kappa shape index (κ1) is 40.5. The summed E-state index contributed by atoms with van der Waals surface area (Å²) in [5.74, 6) is -7.22. The fourth-order valence-electron chi connectivity index (χ4n) is 4.74. The molecule has 0 heterocycles. The Kier molecular flexibility index (Phi) is 18.3. The normalized spacial score (nSPS) is 14.1. The fraction of sp³-hybridized carbons (Fsp3) is 0.581. The Labute approximate surface area is 274 Å². The molecule has 3 amide bonds. The maximum atomic E-state index is 13.3. The standard InChI is InChI=1S/C31H50N8O8/c1-18(2)26(24(40)16-20(30(46)47)15-19-9-4-3-5-10-19)39-29(45)23(17-25(41)42)38-28(44)22(12-6-7-13-32)37-27(43)21(33)11-8-14-36-31(34)35/h3-5,9-10,18,20-23,26H,6-8,11-17,32-33H2,1-2H3,(H,37,43)(H,38,44)(H,39,45)(H,41,42)(H,46,47)(H4,34,35,36)/t20?,21-,22-,23-,26-/m0/s1. The quantitative estimate of drug-likeness (QED) is 0.0387. The smallest absolute Gasteiger partial charge is 0.307 e. The van der Waals surface area contributed by atoms with Crippen molar-refractivity contribution < 1.29 is 39.0 Å². The molecule has 0 aliphatic carbocycles. The minimum absolute atomic E-state index is 0.0928. The van der Waals surface area contributed by atoms with E-state index in [1.54, 1.807) is 44.2 Å². The summed E-state index contributed by atoms with van der Waals surface area (Å²) in [6.07, 6.45) is 0.582. The van der Waals surface area contributed by atoms with Crippen molar-refractivity contribution >= 4 is 41.4 Å². The molecule has 1 aromatic carbocycles. The summed E-state index contributed by atoms with van der Waals surface area (Å²) in [5, 5.41) is 26.7. The minimum Gasteiger partial charge on any atom is -0.481 e. The number of nitrogens with one attached hydrogen (secondary N) is 3. The van der Waals surface area contributed by atoms with Gasteiger partial charge in [-0.25, -0.2) is 0 Å². The zero-order valence-electron chi connectivity index (χ0n) is 27.0. The second kappa shape index (κ2) is 21.3. The number of carbonyl (C=O) groups excluding carboxylic acids is 4. The summed E-state index contributed by atoms with van der Waals surface area (Å²) >= 11 is 0. The summed E-state index contributed by atoms with van der Waals surface area (Å²) in [6.45, 7) is 3.86. The lowest BCUT2D eigenvalue weighted by Gasteiger charge is -2.27. The number of ketones is 1. The van der Waals surface area contributed by atoms with Crippen molar-refractivity contribution in [3.8, 4) is 0 Å². The Morgan fingerprint density at radius 1 is 0.809 bits per heavy atom. The summed E-state index contributed by atoms with van der Waals surface area (Å²) in [7, 11) is 0. The average Bonchev–Trinajstić information content (AvgIpc) is 3.00. The largest absolute Gasteiger partial charge is 0.481 e. The highest BCUT2D eigenvalue weighted by Gasteiger charge is 2.34. The molecule has 262 valence electrons. The first-order valence-corrected chi connectivity index (χ1v) is 15.6. The van der Waals surface area contributed by atoms with Crippen molar-refractivity contribution in [2.45, 2.75) is 89.4 Å². The molecule has 0 bridgehead atoms. The van der Waals surface area contributed by atoms with E-state index < -0.39 is 77.9 Å². The molecule has 0 aliphatic heterocycles. The number of rotatable bonds is 23. The number of guanidine groups is 1. The number of carboxylic acid groups (broad SMARTS) is 2. The molecule has 1 unspecified atom stereocenters. The summed E-state index contributed by atoms with van der Waals surface area (Å²) in [5.41, 5.74) is 22.8. The number of aliphatic carboxylic acids is 2. The van der Waals surface area contributed by atoms with E-state index >= 15 is 0 Å². The average molecular weight is 663 g/mol. The first-order chi connectivity index (χ1) is 22.2. The molecule has 13 N–H and O–H groups in total. The molecule has 1 aromatic rings.